The van der Waals surface area contributed by atoms with Gasteiger partial charge in [-0.1, -0.05) is 32.9 Å². The van der Waals surface area contributed by atoms with Crippen LogP contribution in [-0.4, -0.2) is 34.4 Å². The summed E-state index contributed by atoms with van der Waals surface area (Å²) < 4.78 is 0.120. The second-order valence-electron chi connectivity index (χ2n) is 6.63. The Bertz CT molecular complexity index is 476. The van der Waals surface area contributed by atoms with Gasteiger partial charge in [-0.15, -0.1) is 11.8 Å². The van der Waals surface area contributed by atoms with Gasteiger partial charge in [0.1, 0.15) is 0 Å². The highest BCUT2D eigenvalue weighted by atomic mass is 32.2. The standard InChI is InChI=1S/C17H26N2OS/c1-17(2,3)21-13-16(20)18-15-8-6-7-14(11-15)12-19-9-4-5-10-19/h6-8,11H,4-5,9-10,12-13H2,1-3H3,(H,18,20). The Kier molecular flexibility index (Phi) is 5.71. The largest absolute Gasteiger partial charge is 0.325 e. The summed E-state index contributed by atoms with van der Waals surface area (Å²) in [6, 6.07) is 8.22. The molecular formula is C17H26N2OS. The second kappa shape index (κ2) is 7.32. The molecule has 3 nitrogen and oxygen atoms in total. The van der Waals surface area contributed by atoms with E-state index in [1.54, 1.807) is 11.8 Å². The molecule has 0 bridgehead atoms. The molecule has 1 heterocycles. The van der Waals surface area contributed by atoms with E-state index < -0.39 is 0 Å². The number of benzene rings is 1. The molecule has 1 N–H and O–H groups in total. The number of nitrogens with one attached hydrogen (secondary N) is 1. The third-order valence-corrected chi connectivity index (χ3v) is 4.72. The lowest BCUT2D eigenvalue weighted by atomic mass is 10.2. The number of carbonyl (C=O) groups excluding carboxylic acids is 1. The van der Waals surface area contributed by atoms with Gasteiger partial charge in [0.25, 0.3) is 0 Å². The maximum atomic E-state index is 12.0. The fourth-order valence-corrected chi connectivity index (χ4v) is 3.06. The van der Waals surface area contributed by atoms with E-state index in [4.69, 9.17) is 0 Å². The first-order valence-corrected chi connectivity index (χ1v) is 8.66. The number of hydrogen-bond acceptors (Lipinski definition) is 3. The highest BCUT2D eigenvalue weighted by molar-refractivity contribution is 8.01. The van der Waals surface area contributed by atoms with Gasteiger partial charge in [0.15, 0.2) is 0 Å². The Morgan fingerprint density at radius 1 is 1.29 bits per heavy atom. The van der Waals surface area contributed by atoms with Crippen molar-refractivity contribution in [3.63, 3.8) is 0 Å². The van der Waals surface area contributed by atoms with Crippen LogP contribution < -0.4 is 5.32 Å². The Balaban J connectivity index is 1.86. The van der Waals surface area contributed by atoms with Crippen molar-refractivity contribution in [3.05, 3.63) is 29.8 Å². The highest BCUT2D eigenvalue weighted by Crippen LogP contribution is 2.23. The summed E-state index contributed by atoms with van der Waals surface area (Å²) in [6.45, 7) is 9.75. The molecular weight excluding hydrogens is 280 g/mol. The number of thioether (sulfide) groups is 1. The Morgan fingerprint density at radius 2 is 2.00 bits per heavy atom. The van der Waals surface area contributed by atoms with E-state index in [9.17, 15) is 4.79 Å². The maximum Gasteiger partial charge on any atom is 0.234 e. The summed E-state index contributed by atoms with van der Waals surface area (Å²) in [7, 11) is 0. The van der Waals surface area contributed by atoms with Crippen molar-refractivity contribution in [3.8, 4) is 0 Å². The van der Waals surface area contributed by atoms with Gasteiger partial charge in [-0.2, -0.15) is 0 Å². The predicted octanol–water partition coefficient (Wildman–Crippen LogP) is 3.75. The molecule has 21 heavy (non-hydrogen) atoms. The predicted molar refractivity (Wildman–Crippen MR) is 91.8 cm³/mol. The lowest BCUT2D eigenvalue weighted by Crippen LogP contribution is -2.20. The number of hydrogen-bond donors (Lipinski definition) is 1. The monoisotopic (exact) mass is 306 g/mol. The van der Waals surface area contributed by atoms with Gasteiger partial charge in [0.05, 0.1) is 5.75 Å². The van der Waals surface area contributed by atoms with E-state index in [-0.39, 0.29) is 10.7 Å². The summed E-state index contributed by atoms with van der Waals surface area (Å²) in [4.78, 5) is 14.4. The van der Waals surface area contributed by atoms with Crippen molar-refractivity contribution in [1.29, 1.82) is 0 Å². The van der Waals surface area contributed by atoms with Gasteiger partial charge in [-0.25, -0.2) is 0 Å². The molecule has 1 aromatic rings. The average Bonchev–Trinajstić information content (AvgIpc) is 2.89. The lowest BCUT2D eigenvalue weighted by Gasteiger charge is -2.17. The van der Waals surface area contributed by atoms with Crippen molar-refractivity contribution >= 4 is 23.4 Å². The van der Waals surface area contributed by atoms with Gasteiger partial charge in [0, 0.05) is 17.0 Å². The summed E-state index contributed by atoms with van der Waals surface area (Å²) in [5.41, 5.74) is 2.18. The molecule has 0 radical (unpaired) electrons. The maximum absolute atomic E-state index is 12.0. The third kappa shape index (κ3) is 6.10. The van der Waals surface area contributed by atoms with Gasteiger partial charge < -0.3 is 5.32 Å². The number of nitrogens with zero attached hydrogens (tertiary/aromatic N) is 1. The van der Waals surface area contributed by atoms with Gasteiger partial charge >= 0.3 is 0 Å². The van der Waals surface area contributed by atoms with E-state index >= 15 is 0 Å². The van der Waals surface area contributed by atoms with Crippen molar-refractivity contribution in [2.45, 2.75) is 44.9 Å². The number of carbonyl (C=O) groups is 1. The molecule has 1 aromatic carbocycles. The van der Waals surface area contributed by atoms with E-state index in [0.717, 1.165) is 12.2 Å². The molecule has 116 valence electrons. The van der Waals surface area contributed by atoms with Crippen molar-refractivity contribution in [2.75, 3.05) is 24.2 Å². The van der Waals surface area contributed by atoms with Crippen LogP contribution in [0.3, 0.4) is 0 Å². The normalized spacial score (nSPS) is 16.1. The number of rotatable bonds is 5. The molecule has 0 unspecified atom stereocenters. The smallest absolute Gasteiger partial charge is 0.234 e. The molecule has 1 aliphatic rings. The van der Waals surface area contributed by atoms with E-state index in [1.165, 1.54) is 31.5 Å². The first kappa shape index (κ1) is 16.4. The third-order valence-electron chi connectivity index (χ3n) is 3.45. The van der Waals surface area contributed by atoms with Crippen LogP contribution in [0.5, 0.6) is 0 Å². The van der Waals surface area contributed by atoms with Crippen LogP contribution in [0.2, 0.25) is 0 Å². The summed E-state index contributed by atoms with van der Waals surface area (Å²) >= 11 is 1.67. The summed E-state index contributed by atoms with van der Waals surface area (Å²) in [6.07, 6.45) is 2.61. The van der Waals surface area contributed by atoms with Gasteiger partial charge in [-0.05, 0) is 43.6 Å². The van der Waals surface area contributed by atoms with Crippen molar-refractivity contribution in [2.24, 2.45) is 0 Å². The molecule has 1 saturated heterocycles. The zero-order valence-corrected chi connectivity index (χ0v) is 14.1. The summed E-state index contributed by atoms with van der Waals surface area (Å²) in [5.74, 6) is 0.577. The Labute approximate surface area is 132 Å². The Morgan fingerprint density at radius 3 is 2.67 bits per heavy atom. The van der Waals surface area contributed by atoms with Gasteiger partial charge in [-0.3, -0.25) is 9.69 Å². The molecule has 2 rings (SSSR count). The molecule has 0 aromatic heterocycles. The first-order chi connectivity index (χ1) is 9.92. The van der Waals surface area contributed by atoms with Crippen LogP contribution >= 0.6 is 11.8 Å². The fraction of sp³-hybridized carbons (Fsp3) is 0.588. The van der Waals surface area contributed by atoms with Crippen LogP contribution in [0.25, 0.3) is 0 Å². The minimum Gasteiger partial charge on any atom is -0.325 e. The number of amides is 1. The lowest BCUT2D eigenvalue weighted by molar-refractivity contribution is -0.113. The topological polar surface area (TPSA) is 32.3 Å². The summed E-state index contributed by atoms with van der Waals surface area (Å²) in [5, 5.41) is 3.00. The van der Waals surface area contributed by atoms with Crippen LogP contribution in [0.15, 0.2) is 24.3 Å². The second-order valence-corrected chi connectivity index (χ2v) is 8.43. The molecule has 1 fully saturated rings. The molecule has 0 spiro atoms. The van der Waals surface area contributed by atoms with Crippen molar-refractivity contribution < 1.29 is 4.79 Å². The quantitative estimate of drug-likeness (QED) is 0.899. The fourth-order valence-electron chi connectivity index (χ4n) is 2.43. The number of likely N-dealkylation sites (tertiary alicyclic amines) is 1. The highest BCUT2D eigenvalue weighted by Gasteiger charge is 2.14. The molecule has 0 atom stereocenters. The van der Waals surface area contributed by atoms with Crippen LogP contribution in [0, 0.1) is 0 Å². The van der Waals surface area contributed by atoms with Crippen LogP contribution in [0.4, 0.5) is 5.69 Å². The SMILES string of the molecule is CC(C)(C)SCC(=O)Nc1cccc(CN2CCCC2)c1. The Hall–Kier alpha value is -1.00. The average molecular weight is 306 g/mol. The van der Waals surface area contributed by atoms with E-state index in [1.807, 2.05) is 12.1 Å². The number of anilines is 1. The molecule has 0 saturated carbocycles. The zero-order chi connectivity index (χ0) is 15.3. The van der Waals surface area contributed by atoms with Crippen LogP contribution in [-0.2, 0) is 11.3 Å². The zero-order valence-electron chi connectivity index (χ0n) is 13.3. The molecule has 0 aliphatic carbocycles. The van der Waals surface area contributed by atoms with E-state index in [0.29, 0.717) is 5.75 Å². The molecule has 1 aliphatic heterocycles. The minimum absolute atomic E-state index is 0.0771. The van der Waals surface area contributed by atoms with Crippen molar-refractivity contribution in [1.82, 2.24) is 4.90 Å². The molecule has 1 amide bonds. The first-order valence-electron chi connectivity index (χ1n) is 7.67. The minimum atomic E-state index is 0.0771. The van der Waals surface area contributed by atoms with Gasteiger partial charge in [0.2, 0.25) is 5.91 Å². The van der Waals surface area contributed by atoms with E-state index in [2.05, 4.69) is 43.1 Å². The molecule has 4 heteroatoms. The van der Waals surface area contributed by atoms with Crippen LogP contribution in [0.1, 0.15) is 39.2 Å².